The third-order valence-electron chi connectivity index (χ3n) is 2.41. The van der Waals surface area contributed by atoms with Crippen LogP contribution in [0.5, 0.6) is 0 Å². The largest absolute Gasteiger partial charge is 0.462 e. The van der Waals surface area contributed by atoms with Crippen molar-refractivity contribution in [3.8, 4) is 0 Å². The normalized spacial score (nSPS) is 11.3. The minimum Gasteiger partial charge on any atom is -0.462 e. The van der Waals surface area contributed by atoms with Gasteiger partial charge in [0.1, 0.15) is 0 Å². The highest BCUT2D eigenvalue weighted by Gasteiger charge is 2.44. The van der Waals surface area contributed by atoms with Gasteiger partial charge >= 0.3 is 12.1 Å². The Kier molecular flexibility index (Phi) is 8.34. The molecule has 0 atom stereocenters. The third-order valence-corrected chi connectivity index (χ3v) is 2.41. The molecule has 7 heteroatoms. The summed E-state index contributed by atoms with van der Waals surface area (Å²) in [7, 11) is 0. The number of ether oxygens (including phenoxy) is 1. The molecule has 112 valence electrons. The molecule has 0 radical (unpaired) electrons. The van der Waals surface area contributed by atoms with Crippen molar-refractivity contribution in [2.45, 2.75) is 51.6 Å². The predicted molar refractivity (Wildman–Crippen MR) is 59.6 cm³/mol. The zero-order valence-corrected chi connectivity index (χ0v) is 10.7. The van der Waals surface area contributed by atoms with E-state index in [0.29, 0.717) is 12.8 Å². The number of carbonyl (C=O) groups excluding carboxylic acids is 1. The fourth-order valence-corrected chi connectivity index (χ4v) is 1.42. The monoisotopic (exact) mass is 288 g/mol. The molecule has 0 saturated heterocycles. The van der Waals surface area contributed by atoms with Crippen LogP contribution >= 0.6 is 0 Å². The summed E-state index contributed by atoms with van der Waals surface area (Å²) in [6.45, 7) is 1.76. The lowest BCUT2D eigenvalue weighted by atomic mass is 10.1. The molecule has 0 aromatic heterocycles. The van der Waals surface area contributed by atoms with Crippen molar-refractivity contribution in [1.82, 2.24) is 0 Å². The van der Waals surface area contributed by atoms with E-state index in [-0.39, 0.29) is 6.61 Å². The maximum Gasteiger partial charge on any atom is 0.428 e. The van der Waals surface area contributed by atoms with Gasteiger partial charge in [0.05, 0.1) is 6.61 Å². The summed E-state index contributed by atoms with van der Waals surface area (Å²) < 4.78 is 64.5. The molecule has 0 saturated carbocycles. The summed E-state index contributed by atoms with van der Waals surface area (Å²) in [6.07, 6.45) is -3.40. The molecule has 0 heterocycles. The van der Waals surface area contributed by atoms with Crippen LogP contribution in [0.4, 0.5) is 22.0 Å². The van der Waals surface area contributed by atoms with Crippen molar-refractivity contribution in [3.05, 3.63) is 11.7 Å². The van der Waals surface area contributed by atoms with Gasteiger partial charge in [0.15, 0.2) is 0 Å². The average molecular weight is 288 g/mol. The van der Waals surface area contributed by atoms with Crippen LogP contribution < -0.4 is 0 Å². The highest BCUT2D eigenvalue weighted by molar-refractivity contribution is 5.90. The quantitative estimate of drug-likeness (QED) is 0.282. The van der Waals surface area contributed by atoms with Crippen LogP contribution in [0.3, 0.4) is 0 Å². The Morgan fingerprint density at radius 1 is 1.00 bits per heavy atom. The van der Waals surface area contributed by atoms with Crippen molar-refractivity contribution in [2.75, 3.05) is 6.61 Å². The molecule has 0 spiro atoms. The molecule has 0 bridgehead atoms. The second-order valence-electron chi connectivity index (χ2n) is 4.04. The van der Waals surface area contributed by atoms with Gasteiger partial charge in [-0.05, 0) is 6.42 Å². The molecule has 0 aliphatic carbocycles. The van der Waals surface area contributed by atoms with Crippen LogP contribution in [-0.4, -0.2) is 18.8 Å². The van der Waals surface area contributed by atoms with Crippen LogP contribution in [0.25, 0.3) is 0 Å². The van der Waals surface area contributed by atoms with Crippen molar-refractivity contribution >= 4 is 5.97 Å². The third kappa shape index (κ3) is 7.79. The first-order valence-corrected chi connectivity index (χ1v) is 6.10. The number of unbranched alkanes of at least 4 members (excludes halogenated alkanes) is 5. The Morgan fingerprint density at radius 3 is 2.00 bits per heavy atom. The van der Waals surface area contributed by atoms with E-state index in [0.717, 1.165) is 25.7 Å². The smallest absolute Gasteiger partial charge is 0.428 e. The van der Waals surface area contributed by atoms with Gasteiger partial charge in [0, 0.05) is 0 Å². The van der Waals surface area contributed by atoms with E-state index in [1.165, 1.54) is 0 Å². The summed E-state index contributed by atoms with van der Waals surface area (Å²) in [5.74, 6) is -2.01. The highest BCUT2D eigenvalue weighted by atomic mass is 19.4. The van der Waals surface area contributed by atoms with Crippen LogP contribution in [0.2, 0.25) is 0 Å². The van der Waals surface area contributed by atoms with E-state index < -0.39 is 23.8 Å². The van der Waals surface area contributed by atoms with Gasteiger partial charge in [0.2, 0.25) is 5.57 Å². The predicted octanol–water partition coefficient (Wildman–Crippen LogP) is 4.60. The van der Waals surface area contributed by atoms with Gasteiger partial charge in [-0.3, -0.25) is 0 Å². The molecule has 19 heavy (non-hydrogen) atoms. The van der Waals surface area contributed by atoms with Crippen molar-refractivity contribution in [1.29, 1.82) is 0 Å². The Bertz CT molecular complexity index is 306. The number of rotatable bonds is 8. The summed E-state index contributed by atoms with van der Waals surface area (Å²) >= 11 is 0. The highest BCUT2D eigenvalue weighted by Crippen LogP contribution is 2.30. The fourth-order valence-electron chi connectivity index (χ4n) is 1.42. The second kappa shape index (κ2) is 8.87. The molecular formula is C12H17F5O2. The van der Waals surface area contributed by atoms with Gasteiger partial charge in [0.25, 0.3) is 6.08 Å². The molecule has 0 aliphatic heterocycles. The lowest BCUT2D eigenvalue weighted by Crippen LogP contribution is -2.23. The maximum absolute atomic E-state index is 12.1. The van der Waals surface area contributed by atoms with E-state index in [1.807, 2.05) is 6.92 Å². The zero-order chi connectivity index (χ0) is 14.9. The number of hydrogen-bond acceptors (Lipinski definition) is 2. The second-order valence-corrected chi connectivity index (χ2v) is 4.04. The Hall–Kier alpha value is -1.14. The van der Waals surface area contributed by atoms with Crippen molar-refractivity contribution in [2.24, 2.45) is 0 Å². The molecule has 0 N–H and O–H groups in total. The summed E-state index contributed by atoms with van der Waals surface area (Å²) in [5.41, 5.74) is -2.52. The number of esters is 1. The van der Waals surface area contributed by atoms with E-state index in [4.69, 9.17) is 0 Å². The Morgan fingerprint density at radius 2 is 1.53 bits per heavy atom. The molecule has 2 nitrogen and oxygen atoms in total. The first kappa shape index (κ1) is 17.9. The minimum atomic E-state index is -5.39. The molecule has 0 aromatic carbocycles. The van der Waals surface area contributed by atoms with Crippen LogP contribution in [0, 0.1) is 0 Å². The molecule has 0 aromatic rings. The van der Waals surface area contributed by atoms with Crippen LogP contribution in [0.1, 0.15) is 45.4 Å². The van der Waals surface area contributed by atoms with E-state index >= 15 is 0 Å². The molecule has 0 amide bonds. The molecular weight excluding hydrogens is 271 g/mol. The standard InChI is InChI=1S/C12H17F5O2/c1-2-3-4-5-6-7-8-19-11(18)9(10(13)14)12(15,16)17/h2-8H2,1H3. The van der Waals surface area contributed by atoms with Gasteiger partial charge in [-0.25, -0.2) is 4.79 Å². The van der Waals surface area contributed by atoms with E-state index in [2.05, 4.69) is 4.74 Å². The average Bonchev–Trinajstić information content (AvgIpc) is 2.25. The van der Waals surface area contributed by atoms with Gasteiger partial charge in [-0.15, -0.1) is 0 Å². The minimum absolute atomic E-state index is 0.280. The van der Waals surface area contributed by atoms with Gasteiger partial charge < -0.3 is 4.74 Å². The van der Waals surface area contributed by atoms with E-state index in [9.17, 15) is 26.7 Å². The van der Waals surface area contributed by atoms with Crippen LogP contribution in [0.15, 0.2) is 11.7 Å². The number of hydrogen-bond donors (Lipinski definition) is 0. The lowest BCUT2D eigenvalue weighted by molar-refractivity contribution is -0.152. The fraction of sp³-hybridized carbons (Fsp3) is 0.750. The topological polar surface area (TPSA) is 26.3 Å². The van der Waals surface area contributed by atoms with Crippen molar-refractivity contribution in [3.63, 3.8) is 0 Å². The van der Waals surface area contributed by atoms with E-state index in [1.54, 1.807) is 0 Å². The lowest BCUT2D eigenvalue weighted by Gasteiger charge is -2.10. The summed E-state index contributed by atoms with van der Waals surface area (Å²) in [5, 5.41) is 0. The zero-order valence-electron chi connectivity index (χ0n) is 10.7. The summed E-state index contributed by atoms with van der Waals surface area (Å²) in [6, 6.07) is 0. The molecule has 0 aliphatic rings. The molecule has 0 rings (SSSR count). The number of alkyl halides is 3. The Labute approximate surface area is 108 Å². The number of halogens is 5. The van der Waals surface area contributed by atoms with Crippen molar-refractivity contribution < 1.29 is 31.5 Å². The first-order chi connectivity index (χ1) is 8.80. The van der Waals surface area contributed by atoms with Gasteiger partial charge in [-0.2, -0.15) is 22.0 Å². The Balaban J connectivity index is 4.01. The molecule has 0 unspecified atom stereocenters. The maximum atomic E-state index is 12.1. The van der Waals surface area contributed by atoms with Gasteiger partial charge in [-0.1, -0.05) is 39.0 Å². The summed E-state index contributed by atoms with van der Waals surface area (Å²) in [4.78, 5) is 10.9. The SMILES string of the molecule is CCCCCCCCOC(=O)C(=C(F)F)C(F)(F)F. The first-order valence-electron chi connectivity index (χ1n) is 6.10. The van der Waals surface area contributed by atoms with Crippen LogP contribution in [-0.2, 0) is 9.53 Å². The molecule has 0 fully saturated rings. The number of carbonyl (C=O) groups is 1.